The van der Waals surface area contributed by atoms with Crippen LogP contribution in [0.15, 0.2) is 78.9 Å². The summed E-state index contributed by atoms with van der Waals surface area (Å²) in [6.07, 6.45) is 0.771. The lowest BCUT2D eigenvalue weighted by molar-refractivity contribution is -0.143. The van der Waals surface area contributed by atoms with Crippen LogP contribution >= 0.6 is 0 Å². The van der Waals surface area contributed by atoms with Gasteiger partial charge in [-0.05, 0) is 36.6 Å². The number of benzene rings is 3. The fourth-order valence-electron chi connectivity index (χ4n) is 7.07. The minimum absolute atomic E-state index is 0.144. The van der Waals surface area contributed by atoms with Crippen molar-refractivity contribution >= 4 is 35.0 Å². The third-order valence-corrected chi connectivity index (χ3v) is 8.77. The fraction of sp³-hybridized carbons (Fsp3) is 0.290. The van der Waals surface area contributed by atoms with E-state index >= 15 is 0 Å². The van der Waals surface area contributed by atoms with Crippen molar-refractivity contribution in [3.05, 3.63) is 95.6 Å². The predicted octanol–water partition coefficient (Wildman–Crippen LogP) is 2.61. The van der Waals surface area contributed by atoms with Crippen molar-refractivity contribution in [1.29, 1.82) is 0 Å². The lowest BCUT2D eigenvalue weighted by Crippen LogP contribution is -2.55. The molecule has 4 aliphatic rings. The molecule has 1 spiro atoms. The third-order valence-electron chi connectivity index (χ3n) is 8.77. The van der Waals surface area contributed by atoms with Gasteiger partial charge in [-0.2, -0.15) is 0 Å². The summed E-state index contributed by atoms with van der Waals surface area (Å²) in [4.78, 5) is 60.1. The largest absolute Gasteiger partial charge is 0.310 e. The molecule has 0 radical (unpaired) electrons. The van der Waals surface area contributed by atoms with E-state index in [2.05, 4.69) is 5.32 Å². The molecule has 196 valence electrons. The Morgan fingerprint density at radius 3 is 2.36 bits per heavy atom. The minimum atomic E-state index is -1.40. The molecule has 0 aliphatic carbocycles. The number of anilines is 2. The molecule has 0 saturated carbocycles. The Balaban J connectivity index is 1.24. The first-order valence-electron chi connectivity index (χ1n) is 13.4. The number of para-hydroxylation sites is 2. The number of amides is 4. The second-order valence-electron chi connectivity index (χ2n) is 10.8. The van der Waals surface area contributed by atoms with Gasteiger partial charge in [0.15, 0.2) is 0 Å². The van der Waals surface area contributed by atoms with Crippen LogP contribution in [-0.4, -0.2) is 47.7 Å². The van der Waals surface area contributed by atoms with Crippen LogP contribution in [0.4, 0.5) is 11.4 Å². The van der Waals surface area contributed by atoms with Crippen LogP contribution in [0.2, 0.25) is 0 Å². The SMILES string of the molecule is C[C@@H]1N[C@]2(C(=O)N(CC(=O)N3CCc4ccccc43)c3ccccc32)[C@H]2C(=O)N(Cc3ccccc3)C(=O)[C@H]12. The van der Waals surface area contributed by atoms with Gasteiger partial charge in [0, 0.05) is 29.5 Å². The molecule has 3 aromatic carbocycles. The zero-order chi connectivity index (χ0) is 26.9. The molecular formula is C31H28N4O4. The van der Waals surface area contributed by atoms with Crippen molar-refractivity contribution in [3.8, 4) is 0 Å². The highest BCUT2D eigenvalue weighted by molar-refractivity contribution is 6.17. The monoisotopic (exact) mass is 520 g/mol. The van der Waals surface area contributed by atoms with Crippen LogP contribution in [-0.2, 0) is 37.7 Å². The van der Waals surface area contributed by atoms with E-state index in [4.69, 9.17) is 0 Å². The first-order valence-corrected chi connectivity index (χ1v) is 13.4. The van der Waals surface area contributed by atoms with Crippen LogP contribution in [0, 0.1) is 11.8 Å². The summed E-state index contributed by atoms with van der Waals surface area (Å²) in [5.41, 5.74) is 2.68. The van der Waals surface area contributed by atoms with E-state index in [0.29, 0.717) is 17.8 Å². The van der Waals surface area contributed by atoms with Crippen molar-refractivity contribution in [2.24, 2.45) is 11.8 Å². The van der Waals surface area contributed by atoms with E-state index in [1.54, 1.807) is 4.90 Å². The Morgan fingerprint density at radius 1 is 0.872 bits per heavy atom. The first kappa shape index (κ1) is 23.8. The summed E-state index contributed by atoms with van der Waals surface area (Å²) in [6.45, 7) is 2.44. The number of hydrogen-bond acceptors (Lipinski definition) is 5. The van der Waals surface area contributed by atoms with Crippen LogP contribution in [0.1, 0.15) is 23.6 Å². The summed E-state index contributed by atoms with van der Waals surface area (Å²) in [6, 6.07) is 24.1. The van der Waals surface area contributed by atoms with Gasteiger partial charge in [0.2, 0.25) is 17.7 Å². The number of nitrogens with one attached hydrogen (secondary N) is 1. The van der Waals surface area contributed by atoms with Crippen LogP contribution < -0.4 is 15.1 Å². The number of likely N-dealkylation sites (tertiary alicyclic amines) is 1. The van der Waals surface area contributed by atoms with Gasteiger partial charge in [-0.25, -0.2) is 0 Å². The minimum Gasteiger partial charge on any atom is -0.310 e. The Bertz CT molecular complexity index is 1540. The average Bonchev–Trinajstić information content (AvgIpc) is 3.65. The van der Waals surface area contributed by atoms with E-state index in [-0.39, 0.29) is 36.7 Å². The molecule has 8 nitrogen and oxygen atoms in total. The molecule has 8 heteroatoms. The topological polar surface area (TPSA) is 90.0 Å². The average molecular weight is 521 g/mol. The maximum atomic E-state index is 14.4. The van der Waals surface area contributed by atoms with Gasteiger partial charge in [-0.1, -0.05) is 66.7 Å². The summed E-state index contributed by atoms with van der Waals surface area (Å²) >= 11 is 0. The van der Waals surface area contributed by atoms with Gasteiger partial charge in [0.05, 0.1) is 18.4 Å². The van der Waals surface area contributed by atoms with Crippen molar-refractivity contribution in [2.45, 2.75) is 31.5 Å². The van der Waals surface area contributed by atoms with Gasteiger partial charge in [0.1, 0.15) is 12.1 Å². The normalized spacial score (nSPS) is 26.9. The zero-order valence-corrected chi connectivity index (χ0v) is 21.5. The van der Waals surface area contributed by atoms with Crippen molar-refractivity contribution in [3.63, 3.8) is 0 Å². The fourth-order valence-corrected chi connectivity index (χ4v) is 7.07. The number of hydrogen-bond donors (Lipinski definition) is 1. The molecule has 0 bridgehead atoms. The van der Waals surface area contributed by atoms with E-state index in [1.807, 2.05) is 85.8 Å². The Kier molecular flexibility index (Phi) is 5.25. The first-order chi connectivity index (χ1) is 18.9. The van der Waals surface area contributed by atoms with E-state index in [0.717, 1.165) is 23.2 Å². The van der Waals surface area contributed by atoms with Gasteiger partial charge in [-0.15, -0.1) is 0 Å². The van der Waals surface area contributed by atoms with Crippen LogP contribution in [0.3, 0.4) is 0 Å². The zero-order valence-electron chi connectivity index (χ0n) is 21.5. The maximum absolute atomic E-state index is 14.4. The summed E-state index contributed by atoms with van der Waals surface area (Å²) in [5.74, 6) is -2.70. The third kappa shape index (κ3) is 3.27. The molecule has 7 rings (SSSR count). The molecule has 4 atom stereocenters. The molecular weight excluding hydrogens is 492 g/mol. The van der Waals surface area contributed by atoms with Gasteiger partial charge in [-0.3, -0.25) is 29.4 Å². The number of carbonyl (C=O) groups excluding carboxylic acids is 4. The van der Waals surface area contributed by atoms with Gasteiger partial charge < -0.3 is 9.80 Å². The number of rotatable bonds is 4. The van der Waals surface area contributed by atoms with Crippen molar-refractivity contribution in [1.82, 2.24) is 10.2 Å². The molecule has 1 N–H and O–H groups in total. The Morgan fingerprint density at radius 2 is 1.56 bits per heavy atom. The highest BCUT2D eigenvalue weighted by atomic mass is 16.2. The maximum Gasteiger partial charge on any atom is 0.253 e. The number of nitrogens with zero attached hydrogens (tertiary/aromatic N) is 3. The van der Waals surface area contributed by atoms with Crippen LogP contribution in [0.5, 0.6) is 0 Å². The number of fused-ring (bicyclic) bond motifs is 5. The Hall–Kier alpha value is -4.30. The lowest BCUT2D eigenvalue weighted by Gasteiger charge is -2.30. The van der Waals surface area contributed by atoms with Gasteiger partial charge >= 0.3 is 0 Å². The molecule has 0 unspecified atom stereocenters. The molecule has 4 amide bonds. The van der Waals surface area contributed by atoms with Gasteiger partial charge in [0.25, 0.3) is 5.91 Å². The smallest absolute Gasteiger partial charge is 0.253 e. The molecule has 4 heterocycles. The molecule has 39 heavy (non-hydrogen) atoms. The quantitative estimate of drug-likeness (QED) is 0.535. The second-order valence-corrected chi connectivity index (χ2v) is 10.8. The second kappa shape index (κ2) is 8.61. The lowest BCUT2D eigenvalue weighted by atomic mass is 9.76. The van der Waals surface area contributed by atoms with Crippen molar-refractivity contribution < 1.29 is 19.2 Å². The molecule has 2 fully saturated rings. The summed E-state index contributed by atoms with van der Waals surface area (Å²) in [5, 5.41) is 3.39. The van der Waals surface area contributed by atoms with Crippen LogP contribution in [0.25, 0.3) is 0 Å². The standard InChI is InChI=1S/C31H28N4O4/c1-19-26-27(29(38)35(28(26)37)17-20-9-3-2-4-10-20)31(32-19)22-12-6-8-14-24(22)34(30(31)39)18-25(36)33-16-15-21-11-5-7-13-23(21)33/h2-14,19,26-27,32H,15-18H2,1H3/t19-,26+,27+,31-/m0/s1. The summed E-state index contributed by atoms with van der Waals surface area (Å²) in [7, 11) is 0. The van der Waals surface area contributed by atoms with E-state index in [1.165, 1.54) is 9.80 Å². The molecule has 3 aromatic rings. The Labute approximate surface area is 226 Å². The molecule has 4 aliphatic heterocycles. The summed E-state index contributed by atoms with van der Waals surface area (Å²) < 4.78 is 0. The van der Waals surface area contributed by atoms with Crippen molar-refractivity contribution in [2.75, 3.05) is 22.9 Å². The predicted molar refractivity (Wildman–Crippen MR) is 145 cm³/mol. The molecule has 0 aromatic heterocycles. The van der Waals surface area contributed by atoms with E-state index < -0.39 is 23.4 Å². The highest BCUT2D eigenvalue weighted by Crippen LogP contribution is 2.54. The number of imide groups is 1. The number of carbonyl (C=O) groups is 4. The highest BCUT2D eigenvalue weighted by Gasteiger charge is 2.70. The molecule has 2 saturated heterocycles. The van der Waals surface area contributed by atoms with E-state index in [9.17, 15) is 19.2 Å².